The number of nitrogens with one attached hydrogen (secondary N) is 1. The van der Waals surface area contributed by atoms with Crippen LogP contribution in [0.25, 0.3) is 11.3 Å². The summed E-state index contributed by atoms with van der Waals surface area (Å²) in [5.41, 5.74) is 9.62. The average molecular weight is 271 g/mol. The molecule has 0 amide bonds. The van der Waals surface area contributed by atoms with Crippen LogP contribution in [-0.4, -0.2) is 9.97 Å². The largest absolute Gasteiger partial charge is 0.340 e. The van der Waals surface area contributed by atoms with Crippen molar-refractivity contribution in [2.75, 3.05) is 0 Å². The third-order valence-corrected chi connectivity index (χ3v) is 4.11. The molecule has 0 aliphatic rings. The molecule has 2 aromatic rings. The van der Waals surface area contributed by atoms with Crippen LogP contribution in [0.1, 0.15) is 51.4 Å². The van der Waals surface area contributed by atoms with Gasteiger partial charge in [0.25, 0.3) is 0 Å². The Morgan fingerprint density at radius 1 is 1.10 bits per heavy atom. The van der Waals surface area contributed by atoms with Crippen molar-refractivity contribution in [3.8, 4) is 11.3 Å². The minimum Gasteiger partial charge on any atom is -0.340 e. The number of hydrogen-bond acceptors (Lipinski definition) is 2. The summed E-state index contributed by atoms with van der Waals surface area (Å²) < 4.78 is 0. The van der Waals surface area contributed by atoms with Gasteiger partial charge in [0, 0.05) is 0 Å². The summed E-state index contributed by atoms with van der Waals surface area (Å²) in [5, 5.41) is 0. The number of nitrogens with two attached hydrogens (primary N) is 1. The lowest BCUT2D eigenvalue weighted by atomic mass is 9.93. The highest BCUT2D eigenvalue weighted by molar-refractivity contribution is 5.59. The van der Waals surface area contributed by atoms with Gasteiger partial charge in [-0.05, 0) is 30.4 Å². The van der Waals surface area contributed by atoms with Crippen molar-refractivity contribution in [2.24, 2.45) is 5.73 Å². The number of H-pyrrole nitrogens is 1. The van der Waals surface area contributed by atoms with Crippen molar-refractivity contribution in [1.29, 1.82) is 0 Å². The maximum absolute atomic E-state index is 6.38. The molecule has 108 valence electrons. The van der Waals surface area contributed by atoms with Crippen LogP contribution in [0.3, 0.4) is 0 Å². The molecule has 0 saturated carbocycles. The summed E-state index contributed by atoms with van der Waals surface area (Å²) >= 11 is 0. The Hall–Kier alpha value is -1.61. The van der Waals surface area contributed by atoms with Crippen molar-refractivity contribution in [1.82, 2.24) is 9.97 Å². The molecule has 0 aliphatic heterocycles. The van der Waals surface area contributed by atoms with E-state index in [1.54, 1.807) is 0 Å². The molecule has 20 heavy (non-hydrogen) atoms. The van der Waals surface area contributed by atoms with E-state index in [0.29, 0.717) is 0 Å². The van der Waals surface area contributed by atoms with Gasteiger partial charge in [0.15, 0.2) is 0 Å². The molecule has 1 heterocycles. The van der Waals surface area contributed by atoms with Gasteiger partial charge in [-0.25, -0.2) is 4.98 Å². The van der Waals surface area contributed by atoms with E-state index in [0.717, 1.165) is 36.3 Å². The van der Waals surface area contributed by atoms with Gasteiger partial charge in [-0.2, -0.15) is 0 Å². The second-order valence-corrected chi connectivity index (χ2v) is 5.46. The number of nitrogens with zero attached hydrogens (tertiary/aromatic N) is 1. The van der Waals surface area contributed by atoms with Gasteiger partial charge in [-0.15, -0.1) is 0 Å². The average Bonchev–Trinajstić information content (AvgIpc) is 2.98. The minimum atomic E-state index is -0.347. The van der Waals surface area contributed by atoms with Gasteiger partial charge in [0.1, 0.15) is 5.82 Å². The van der Waals surface area contributed by atoms with Crippen LogP contribution in [0.4, 0.5) is 0 Å². The van der Waals surface area contributed by atoms with E-state index in [9.17, 15) is 0 Å². The molecule has 1 aromatic carbocycles. The summed E-state index contributed by atoms with van der Waals surface area (Å²) in [6, 6.07) is 8.68. The molecule has 3 N–H and O–H groups in total. The number of imidazole rings is 1. The highest BCUT2D eigenvalue weighted by atomic mass is 15.0. The van der Waals surface area contributed by atoms with E-state index in [2.05, 4.69) is 55.0 Å². The lowest BCUT2D eigenvalue weighted by Gasteiger charge is -2.23. The quantitative estimate of drug-likeness (QED) is 0.834. The van der Waals surface area contributed by atoms with Crippen LogP contribution in [0.2, 0.25) is 0 Å². The Kier molecular flexibility index (Phi) is 4.61. The highest BCUT2D eigenvalue weighted by Crippen LogP contribution is 2.26. The summed E-state index contributed by atoms with van der Waals surface area (Å²) in [5.74, 6) is 0.884. The van der Waals surface area contributed by atoms with Crippen molar-refractivity contribution in [3.05, 3.63) is 41.9 Å². The first-order valence-corrected chi connectivity index (χ1v) is 7.56. The van der Waals surface area contributed by atoms with Crippen molar-refractivity contribution < 1.29 is 0 Å². The normalized spacial score (nSPS) is 11.8. The number of aromatic amines is 1. The molecule has 0 fully saturated rings. The molecule has 0 spiro atoms. The van der Waals surface area contributed by atoms with Crippen molar-refractivity contribution in [3.63, 3.8) is 0 Å². The Morgan fingerprint density at radius 3 is 2.30 bits per heavy atom. The SMILES string of the molecule is CCCc1ccc(-c2cnc(C(N)(CC)CC)[nH]2)cc1. The summed E-state index contributed by atoms with van der Waals surface area (Å²) in [6.45, 7) is 6.40. The molecule has 3 heteroatoms. The van der Waals surface area contributed by atoms with E-state index in [1.807, 2.05) is 6.20 Å². The molecular formula is C17H25N3. The van der Waals surface area contributed by atoms with Gasteiger partial charge >= 0.3 is 0 Å². The van der Waals surface area contributed by atoms with E-state index in [4.69, 9.17) is 5.73 Å². The van der Waals surface area contributed by atoms with Crippen LogP contribution in [0.5, 0.6) is 0 Å². The van der Waals surface area contributed by atoms with E-state index in [-0.39, 0.29) is 5.54 Å². The third kappa shape index (κ3) is 2.93. The van der Waals surface area contributed by atoms with Gasteiger partial charge in [-0.3, -0.25) is 0 Å². The molecule has 2 rings (SSSR count). The second-order valence-electron chi connectivity index (χ2n) is 5.46. The molecule has 0 unspecified atom stereocenters. The smallest absolute Gasteiger partial charge is 0.126 e. The zero-order valence-electron chi connectivity index (χ0n) is 12.7. The third-order valence-electron chi connectivity index (χ3n) is 4.11. The van der Waals surface area contributed by atoms with Gasteiger partial charge in [-0.1, -0.05) is 51.5 Å². The van der Waals surface area contributed by atoms with Gasteiger partial charge in [0.2, 0.25) is 0 Å². The van der Waals surface area contributed by atoms with Gasteiger partial charge < -0.3 is 10.7 Å². The highest BCUT2D eigenvalue weighted by Gasteiger charge is 2.26. The monoisotopic (exact) mass is 271 g/mol. The molecule has 0 aliphatic carbocycles. The molecule has 0 radical (unpaired) electrons. The van der Waals surface area contributed by atoms with E-state index in [1.165, 1.54) is 12.0 Å². The standard InChI is InChI=1S/C17H25N3/c1-4-7-13-8-10-14(11-9-13)15-12-19-16(20-15)17(18,5-2)6-3/h8-12H,4-7,18H2,1-3H3,(H,19,20). The lowest BCUT2D eigenvalue weighted by Crippen LogP contribution is -2.36. The lowest BCUT2D eigenvalue weighted by molar-refractivity contribution is 0.391. The predicted molar refractivity (Wildman–Crippen MR) is 84.5 cm³/mol. The fourth-order valence-corrected chi connectivity index (χ4v) is 2.45. The molecular weight excluding hydrogens is 246 g/mol. The van der Waals surface area contributed by atoms with Crippen molar-refractivity contribution in [2.45, 2.75) is 52.0 Å². The molecule has 0 atom stereocenters. The summed E-state index contributed by atoms with van der Waals surface area (Å²) in [7, 11) is 0. The Labute approximate surface area is 121 Å². The number of aryl methyl sites for hydroxylation is 1. The first-order chi connectivity index (χ1) is 9.62. The van der Waals surface area contributed by atoms with E-state index < -0.39 is 0 Å². The number of rotatable bonds is 6. The predicted octanol–water partition coefficient (Wildman–Crippen LogP) is 4.00. The van der Waals surface area contributed by atoms with Crippen LogP contribution >= 0.6 is 0 Å². The van der Waals surface area contributed by atoms with Crippen molar-refractivity contribution >= 4 is 0 Å². The maximum atomic E-state index is 6.38. The zero-order chi connectivity index (χ0) is 14.6. The first-order valence-electron chi connectivity index (χ1n) is 7.56. The summed E-state index contributed by atoms with van der Waals surface area (Å²) in [4.78, 5) is 7.87. The number of benzene rings is 1. The summed E-state index contributed by atoms with van der Waals surface area (Å²) in [6.07, 6.45) is 5.96. The Bertz CT molecular complexity index is 536. The number of aromatic nitrogens is 2. The van der Waals surface area contributed by atoms with Crippen LogP contribution in [-0.2, 0) is 12.0 Å². The molecule has 0 saturated heterocycles. The van der Waals surface area contributed by atoms with E-state index >= 15 is 0 Å². The zero-order valence-corrected chi connectivity index (χ0v) is 12.7. The number of hydrogen-bond donors (Lipinski definition) is 2. The van der Waals surface area contributed by atoms with Gasteiger partial charge in [0.05, 0.1) is 17.4 Å². The van der Waals surface area contributed by atoms with Crippen LogP contribution < -0.4 is 5.73 Å². The Balaban J connectivity index is 2.24. The second kappa shape index (κ2) is 6.23. The minimum absolute atomic E-state index is 0.347. The van der Waals surface area contributed by atoms with Crippen LogP contribution in [0, 0.1) is 0 Å². The first kappa shape index (κ1) is 14.8. The molecule has 1 aromatic heterocycles. The topological polar surface area (TPSA) is 54.7 Å². The van der Waals surface area contributed by atoms with Crippen LogP contribution in [0.15, 0.2) is 30.5 Å². The fourth-order valence-electron chi connectivity index (χ4n) is 2.45. The fraction of sp³-hybridized carbons (Fsp3) is 0.471. The molecule has 3 nitrogen and oxygen atoms in total. The maximum Gasteiger partial charge on any atom is 0.126 e. The molecule has 0 bridgehead atoms. The Morgan fingerprint density at radius 2 is 1.75 bits per heavy atom.